The van der Waals surface area contributed by atoms with Crippen LogP contribution in [0.3, 0.4) is 0 Å². The minimum atomic E-state index is -1.00. The molecule has 0 spiro atoms. The van der Waals surface area contributed by atoms with Crippen molar-refractivity contribution in [1.82, 2.24) is 9.55 Å². The van der Waals surface area contributed by atoms with E-state index in [1.807, 2.05) is 19.1 Å². The molecule has 1 aromatic heterocycles. The number of halogens is 1. The lowest BCUT2D eigenvalue weighted by Gasteiger charge is -2.07. The Hall–Kier alpha value is -1.81. The fraction of sp³-hybridized carbons (Fsp3) is 0.167. The Labute approximate surface area is 103 Å². The van der Waals surface area contributed by atoms with Gasteiger partial charge in [0.2, 0.25) is 0 Å². The summed E-state index contributed by atoms with van der Waals surface area (Å²) in [5.41, 5.74) is 2.28. The standard InChI is InChI=1S/C12H11ClN2O2/c1-7-3-4-9(5-10(7)13)15-6-14-8(2)11(15)12(16)17/h3-6H,1-2H3,(H,16,17). The van der Waals surface area contributed by atoms with E-state index in [4.69, 9.17) is 16.7 Å². The van der Waals surface area contributed by atoms with Crippen molar-refractivity contribution in [3.63, 3.8) is 0 Å². The van der Waals surface area contributed by atoms with Crippen molar-refractivity contribution in [2.75, 3.05) is 0 Å². The predicted octanol–water partition coefficient (Wildman–Crippen LogP) is 2.84. The first-order valence-corrected chi connectivity index (χ1v) is 5.42. The van der Waals surface area contributed by atoms with Gasteiger partial charge in [-0.1, -0.05) is 17.7 Å². The highest BCUT2D eigenvalue weighted by molar-refractivity contribution is 6.31. The molecule has 0 bridgehead atoms. The summed E-state index contributed by atoms with van der Waals surface area (Å²) in [6.07, 6.45) is 1.49. The largest absolute Gasteiger partial charge is 0.477 e. The Bertz CT molecular complexity index is 590. The topological polar surface area (TPSA) is 55.1 Å². The molecule has 88 valence electrons. The van der Waals surface area contributed by atoms with Crippen LogP contribution < -0.4 is 0 Å². The third kappa shape index (κ3) is 2.03. The Morgan fingerprint density at radius 2 is 2.12 bits per heavy atom. The lowest BCUT2D eigenvalue weighted by atomic mass is 10.2. The van der Waals surface area contributed by atoms with E-state index in [1.54, 1.807) is 13.0 Å². The molecular weight excluding hydrogens is 240 g/mol. The number of carbonyl (C=O) groups is 1. The molecule has 2 aromatic rings. The molecule has 4 nitrogen and oxygen atoms in total. The molecule has 0 aliphatic heterocycles. The molecule has 0 fully saturated rings. The molecule has 17 heavy (non-hydrogen) atoms. The van der Waals surface area contributed by atoms with Crippen LogP contribution in [0.2, 0.25) is 5.02 Å². The van der Waals surface area contributed by atoms with Crippen molar-refractivity contribution in [3.05, 3.63) is 46.5 Å². The van der Waals surface area contributed by atoms with Gasteiger partial charge in [0.15, 0.2) is 5.69 Å². The third-order valence-corrected chi connectivity index (χ3v) is 2.99. The number of hydrogen-bond acceptors (Lipinski definition) is 2. The van der Waals surface area contributed by atoms with Crippen LogP contribution >= 0.6 is 11.6 Å². The minimum absolute atomic E-state index is 0.157. The van der Waals surface area contributed by atoms with Crippen molar-refractivity contribution in [1.29, 1.82) is 0 Å². The number of nitrogens with zero attached hydrogens (tertiary/aromatic N) is 2. The molecule has 5 heteroatoms. The van der Waals surface area contributed by atoms with Gasteiger partial charge in [0, 0.05) is 10.7 Å². The summed E-state index contributed by atoms with van der Waals surface area (Å²) in [6, 6.07) is 5.39. The van der Waals surface area contributed by atoms with Crippen molar-refractivity contribution < 1.29 is 9.90 Å². The van der Waals surface area contributed by atoms with Gasteiger partial charge < -0.3 is 5.11 Å². The molecule has 2 rings (SSSR count). The molecule has 1 N–H and O–H groups in total. The number of benzene rings is 1. The molecule has 0 unspecified atom stereocenters. The number of hydrogen-bond donors (Lipinski definition) is 1. The SMILES string of the molecule is Cc1ccc(-n2cnc(C)c2C(=O)O)cc1Cl. The van der Waals surface area contributed by atoms with Gasteiger partial charge in [0.05, 0.1) is 5.69 Å². The Kier molecular flexibility index (Phi) is 2.90. The first-order chi connectivity index (χ1) is 8.00. The first kappa shape index (κ1) is 11.7. The lowest BCUT2D eigenvalue weighted by molar-refractivity contribution is 0.0687. The molecule has 0 saturated heterocycles. The third-order valence-electron chi connectivity index (χ3n) is 2.59. The minimum Gasteiger partial charge on any atom is -0.477 e. The summed E-state index contributed by atoms with van der Waals surface area (Å²) >= 11 is 6.02. The van der Waals surface area contributed by atoms with Crippen molar-refractivity contribution >= 4 is 17.6 Å². The highest BCUT2D eigenvalue weighted by Crippen LogP contribution is 2.21. The Morgan fingerprint density at radius 1 is 1.41 bits per heavy atom. The van der Waals surface area contributed by atoms with E-state index < -0.39 is 5.97 Å². The van der Waals surface area contributed by atoms with Crippen LogP contribution in [0.15, 0.2) is 24.5 Å². The molecular formula is C12H11ClN2O2. The van der Waals surface area contributed by atoms with Gasteiger partial charge in [-0.25, -0.2) is 9.78 Å². The zero-order valence-electron chi connectivity index (χ0n) is 9.44. The van der Waals surface area contributed by atoms with E-state index >= 15 is 0 Å². The molecule has 0 saturated carbocycles. The van der Waals surface area contributed by atoms with E-state index in [2.05, 4.69) is 4.98 Å². The number of rotatable bonds is 2. The second-order valence-corrected chi connectivity index (χ2v) is 4.19. The predicted molar refractivity (Wildman–Crippen MR) is 65.0 cm³/mol. The first-order valence-electron chi connectivity index (χ1n) is 5.04. The highest BCUT2D eigenvalue weighted by atomic mass is 35.5. The van der Waals surface area contributed by atoms with Gasteiger partial charge in [-0.3, -0.25) is 4.57 Å². The fourth-order valence-corrected chi connectivity index (χ4v) is 1.80. The monoisotopic (exact) mass is 250 g/mol. The van der Waals surface area contributed by atoms with Crippen LogP contribution in [-0.4, -0.2) is 20.6 Å². The Morgan fingerprint density at radius 3 is 2.71 bits per heavy atom. The number of imidazole rings is 1. The summed E-state index contributed by atoms with van der Waals surface area (Å²) in [5.74, 6) is -1.00. The molecule has 0 aliphatic carbocycles. The van der Waals surface area contributed by atoms with Crippen LogP contribution in [0.5, 0.6) is 0 Å². The van der Waals surface area contributed by atoms with Gasteiger partial charge >= 0.3 is 5.97 Å². The van der Waals surface area contributed by atoms with E-state index in [1.165, 1.54) is 10.9 Å². The van der Waals surface area contributed by atoms with E-state index in [0.29, 0.717) is 16.4 Å². The molecule has 0 atom stereocenters. The van der Waals surface area contributed by atoms with Crippen LogP contribution in [-0.2, 0) is 0 Å². The van der Waals surface area contributed by atoms with Gasteiger partial charge in [0.25, 0.3) is 0 Å². The van der Waals surface area contributed by atoms with E-state index in [9.17, 15) is 4.79 Å². The number of aromatic carboxylic acids is 1. The summed E-state index contributed by atoms with van der Waals surface area (Å²) in [5, 5.41) is 9.73. The van der Waals surface area contributed by atoms with Gasteiger partial charge in [-0.05, 0) is 31.5 Å². The van der Waals surface area contributed by atoms with Gasteiger partial charge in [-0.2, -0.15) is 0 Å². The Balaban J connectivity index is 2.60. The molecule has 1 heterocycles. The van der Waals surface area contributed by atoms with Gasteiger partial charge in [0.1, 0.15) is 6.33 Å². The second kappa shape index (κ2) is 4.22. The van der Waals surface area contributed by atoms with Crippen LogP contribution in [0.25, 0.3) is 5.69 Å². The van der Waals surface area contributed by atoms with Crippen molar-refractivity contribution in [2.45, 2.75) is 13.8 Å². The molecule has 1 aromatic carbocycles. The number of carboxylic acids is 1. The molecule has 0 aliphatic rings. The summed E-state index contributed by atoms with van der Waals surface area (Å²) in [6.45, 7) is 3.55. The van der Waals surface area contributed by atoms with Gasteiger partial charge in [-0.15, -0.1) is 0 Å². The van der Waals surface area contributed by atoms with Crippen LogP contribution in [0, 0.1) is 13.8 Å². The zero-order valence-corrected chi connectivity index (χ0v) is 10.2. The maximum absolute atomic E-state index is 11.1. The number of carboxylic acid groups (broad SMARTS) is 1. The second-order valence-electron chi connectivity index (χ2n) is 3.79. The van der Waals surface area contributed by atoms with Crippen molar-refractivity contribution in [3.8, 4) is 5.69 Å². The van der Waals surface area contributed by atoms with Crippen LogP contribution in [0.4, 0.5) is 0 Å². The normalized spacial score (nSPS) is 10.5. The molecule has 0 amide bonds. The maximum atomic E-state index is 11.1. The summed E-state index contributed by atoms with van der Waals surface area (Å²) in [4.78, 5) is 15.1. The van der Waals surface area contributed by atoms with E-state index in [0.717, 1.165) is 5.56 Å². The quantitative estimate of drug-likeness (QED) is 0.892. The average molecular weight is 251 g/mol. The van der Waals surface area contributed by atoms with E-state index in [-0.39, 0.29) is 5.69 Å². The maximum Gasteiger partial charge on any atom is 0.354 e. The van der Waals surface area contributed by atoms with Crippen LogP contribution in [0.1, 0.15) is 21.7 Å². The fourth-order valence-electron chi connectivity index (χ4n) is 1.62. The number of aryl methyl sites for hydroxylation is 2. The number of aromatic nitrogens is 2. The van der Waals surface area contributed by atoms with Crippen molar-refractivity contribution in [2.24, 2.45) is 0 Å². The molecule has 0 radical (unpaired) electrons. The summed E-state index contributed by atoms with van der Waals surface area (Å²) in [7, 11) is 0. The summed E-state index contributed by atoms with van der Waals surface area (Å²) < 4.78 is 1.52. The smallest absolute Gasteiger partial charge is 0.354 e. The highest BCUT2D eigenvalue weighted by Gasteiger charge is 2.16. The lowest BCUT2D eigenvalue weighted by Crippen LogP contribution is -2.07. The zero-order chi connectivity index (χ0) is 12.6. The average Bonchev–Trinajstić information content (AvgIpc) is 2.64.